The Morgan fingerprint density at radius 1 is 0.522 bits per heavy atom. The number of hydrogen-bond acceptors (Lipinski definition) is 11. The van der Waals surface area contributed by atoms with Crippen molar-refractivity contribution in [3.8, 4) is 0 Å². The zero-order chi connectivity index (χ0) is 49.1. The van der Waals surface area contributed by atoms with E-state index in [0.29, 0.717) is 12.8 Å². The van der Waals surface area contributed by atoms with E-state index in [4.69, 9.17) is 18.9 Å². The maximum Gasteiger partial charge on any atom is 0.306 e. The van der Waals surface area contributed by atoms with Gasteiger partial charge in [-0.1, -0.05) is 217 Å². The van der Waals surface area contributed by atoms with Gasteiger partial charge in [0.15, 0.2) is 12.4 Å². The van der Waals surface area contributed by atoms with Crippen molar-refractivity contribution < 1.29 is 56.8 Å². The summed E-state index contributed by atoms with van der Waals surface area (Å²) in [6.45, 7) is 3.67. The van der Waals surface area contributed by atoms with Crippen molar-refractivity contribution in [2.24, 2.45) is 0 Å². The van der Waals surface area contributed by atoms with E-state index in [9.17, 15) is 37.9 Å². The fraction of sp³-hybridized carbons (Fsp3) is 0.852. The second-order valence-electron chi connectivity index (χ2n) is 18.9. The predicted molar refractivity (Wildman–Crippen MR) is 270 cm³/mol. The number of aliphatic hydroxyl groups excluding tert-OH is 3. The first kappa shape index (κ1) is 62.9. The van der Waals surface area contributed by atoms with Crippen molar-refractivity contribution in [1.29, 1.82) is 0 Å². The SMILES string of the molecule is CC/C=C\C/C=C\C/C=C\CCCCCCCC(=O)OC(COC(=O)CCCCCCCCCCCCCCCCCCCCCCCCCC)COC1OC(CS(=O)(=O)O)C(O)C(O)C1O. The Morgan fingerprint density at radius 3 is 1.40 bits per heavy atom. The van der Waals surface area contributed by atoms with E-state index in [-0.39, 0.29) is 19.4 Å². The van der Waals surface area contributed by atoms with Gasteiger partial charge in [0.2, 0.25) is 0 Å². The van der Waals surface area contributed by atoms with E-state index >= 15 is 0 Å². The molecule has 0 aromatic rings. The van der Waals surface area contributed by atoms with E-state index in [1.54, 1.807) is 0 Å². The molecule has 0 radical (unpaired) electrons. The fourth-order valence-corrected chi connectivity index (χ4v) is 9.03. The third-order valence-electron chi connectivity index (χ3n) is 12.5. The summed E-state index contributed by atoms with van der Waals surface area (Å²) in [5.74, 6) is -1.99. The number of ether oxygens (including phenoxy) is 4. The highest BCUT2D eigenvalue weighted by atomic mass is 32.2. The number of carbonyl (C=O) groups is 2. The van der Waals surface area contributed by atoms with Gasteiger partial charge in [0.05, 0.1) is 6.61 Å². The minimum absolute atomic E-state index is 0.146. The molecular weight excluding hydrogens is 873 g/mol. The molecule has 1 aliphatic rings. The maximum absolute atomic E-state index is 12.9. The molecule has 6 unspecified atom stereocenters. The number of allylic oxidation sites excluding steroid dienone is 6. The molecule has 0 amide bonds. The lowest BCUT2D eigenvalue weighted by molar-refractivity contribution is -0.297. The number of hydrogen-bond donors (Lipinski definition) is 4. The lowest BCUT2D eigenvalue weighted by Gasteiger charge is -2.40. The predicted octanol–water partition coefficient (Wildman–Crippen LogP) is 12.5. The molecule has 1 rings (SSSR count). The molecule has 1 aliphatic heterocycles. The zero-order valence-corrected chi connectivity index (χ0v) is 43.1. The molecule has 4 N–H and O–H groups in total. The highest BCUT2D eigenvalue weighted by molar-refractivity contribution is 7.85. The first-order valence-corrected chi connectivity index (χ1v) is 28.7. The average molecular weight is 971 g/mol. The van der Waals surface area contributed by atoms with Gasteiger partial charge < -0.3 is 34.3 Å². The monoisotopic (exact) mass is 971 g/mol. The molecule has 0 aromatic heterocycles. The van der Waals surface area contributed by atoms with Crippen LogP contribution in [0.4, 0.5) is 0 Å². The van der Waals surface area contributed by atoms with E-state index in [0.717, 1.165) is 70.6 Å². The highest BCUT2D eigenvalue weighted by Crippen LogP contribution is 2.24. The smallest absolute Gasteiger partial charge is 0.306 e. The number of carbonyl (C=O) groups excluding carboxylic acids is 2. The quantitative estimate of drug-likeness (QED) is 0.0196. The van der Waals surface area contributed by atoms with Crippen molar-refractivity contribution in [1.82, 2.24) is 0 Å². The molecule has 0 bridgehead atoms. The topological polar surface area (TPSA) is 186 Å². The standard InChI is InChI=1S/C54H98O12S/c1-3-5-7-9-11-13-15-17-19-20-21-22-23-24-25-26-27-29-30-32-34-36-38-40-42-49(55)63-44-47(45-64-54-53(59)52(58)51(57)48(66-54)46-67(60,61)62)65-50(56)43-41-39-37-35-33-31-28-18-16-14-12-10-8-6-4-2/h6,8,12,14,18,28,47-48,51-54,57-59H,3-5,7,9-11,13,15-17,19-27,29-46H2,1-2H3,(H,60,61,62)/b8-6-,14-12-,28-18-. The van der Waals surface area contributed by atoms with E-state index in [2.05, 4.69) is 50.3 Å². The van der Waals surface area contributed by atoms with Crippen molar-refractivity contribution >= 4 is 22.1 Å². The number of aliphatic hydroxyl groups is 3. The Kier molecular flexibility index (Phi) is 41.2. The molecule has 0 saturated carbocycles. The van der Waals surface area contributed by atoms with E-state index in [1.807, 2.05) is 0 Å². The molecule has 67 heavy (non-hydrogen) atoms. The largest absolute Gasteiger partial charge is 0.462 e. The summed E-state index contributed by atoms with van der Waals surface area (Å²) in [4.78, 5) is 25.5. The van der Waals surface area contributed by atoms with Gasteiger partial charge in [-0.2, -0.15) is 8.42 Å². The summed E-state index contributed by atoms with van der Waals surface area (Å²) in [5.41, 5.74) is 0. The Balaban J connectivity index is 2.30. The van der Waals surface area contributed by atoms with Crippen LogP contribution in [0.15, 0.2) is 36.5 Å². The minimum Gasteiger partial charge on any atom is -0.462 e. The third-order valence-corrected chi connectivity index (χ3v) is 13.2. The molecule has 13 heteroatoms. The Hall–Kier alpha value is -2.13. The van der Waals surface area contributed by atoms with Gasteiger partial charge in [-0.25, -0.2) is 0 Å². The van der Waals surface area contributed by atoms with Crippen LogP contribution in [0.5, 0.6) is 0 Å². The van der Waals surface area contributed by atoms with Crippen LogP contribution < -0.4 is 0 Å². The molecule has 392 valence electrons. The molecule has 0 aliphatic carbocycles. The van der Waals surface area contributed by atoms with Crippen molar-refractivity contribution in [2.75, 3.05) is 19.0 Å². The number of esters is 2. The van der Waals surface area contributed by atoms with Gasteiger partial charge in [-0.05, 0) is 44.9 Å². The van der Waals surface area contributed by atoms with Crippen molar-refractivity contribution in [3.05, 3.63) is 36.5 Å². The zero-order valence-electron chi connectivity index (χ0n) is 42.3. The summed E-state index contributed by atoms with van der Waals surface area (Å²) in [5, 5.41) is 31.0. The molecule has 0 aromatic carbocycles. The molecule has 1 fully saturated rings. The Morgan fingerprint density at radius 2 is 0.940 bits per heavy atom. The molecular formula is C54H98O12S. The van der Waals surface area contributed by atoms with Crippen LogP contribution in [-0.2, 0) is 38.7 Å². The molecule has 12 nitrogen and oxygen atoms in total. The third kappa shape index (κ3) is 38.3. The second kappa shape index (κ2) is 43.9. The van der Waals surface area contributed by atoms with E-state index < -0.39 is 71.2 Å². The first-order chi connectivity index (χ1) is 32.5. The molecule has 0 spiro atoms. The summed E-state index contributed by atoms with van der Waals surface area (Å²) in [6, 6.07) is 0. The highest BCUT2D eigenvalue weighted by Gasteiger charge is 2.46. The van der Waals surface area contributed by atoms with Gasteiger partial charge in [0, 0.05) is 12.8 Å². The summed E-state index contributed by atoms with van der Waals surface area (Å²) < 4.78 is 54.3. The second-order valence-corrected chi connectivity index (χ2v) is 20.4. The summed E-state index contributed by atoms with van der Waals surface area (Å²) >= 11 is 0. The first-order valence-electron chi connectivity index (χ1n) is 27.0. The van der Waals surface area contributed by atoms with Crippen molar-refractivity contribution in [3.63, 3.8) is 0 Å². The van der Waals surface area contributed by atoms with Crippen LogP contribution in [0.25, 0.3) is 0 Å². The Labute approximate surface area is 408 Å². The van der Waals surface area contributed by atoms with Crippen LogP contribution in [0.3, 0.4) is 0 Å². The molecule has 1 heterocycles. The van der Waals surface area contributed by atoms with Crippen LogP contribution in [-0.4, -0.2) is 96.0 Å². The van der Waals surface area contributed by atoms with Gasteiger partial charge >= 0.3 is 11.9 Å². The molecule has 1 saturated heterocycles. The summed E-state index contributed by atoms with van der Waals surface area (Å²) in [7, 11) is -4.61. The lowest BCUT2D eigenvalue weighted by Crippen LogP contribution is -2.60. The van der Waals surface area contributed by atoms with Crippen LogP contribution >= 0.6 is 0 Å². The van der Waals surface area contributed by atoms with Gasteiger partial charge in [0.1, 0.15) is 36.8 Å². The minimum atomic E-state index is -4.61. The van der Waals surface area contributed by atoms with Crippen LogP contribution in [0, 0.1) is 0 Å². The van der Waals surface area contributed by atoms with Gasteiger partial charge in [0.25, 0.3) is 10.1 Å². The van der Waals surface area contributed by atoms with Crippen molar-refractivity contribution in [2.45, 2.75) is 275 Å². The lowest BCUT2D eigenvalue weighted by atomic mass is 10.00. The van der Waals surface area contributed by atoms with Gasteiger partial charge in [-0.15, -0.1) is 0 Å². The Bertz CT molecular complexity index is 1370. The maximum atomic E-state index is 12.9. The molecule has 6 atom stereocenters. The van der Waals surface area contributed by atoms with Gasteiger partial charge in [-0.3, -0.25) is 14.1 Å². The van der Waals surface area contributed by atoms with Crippen LogP contribution in [0.1, 0.15) is 239 Å². The normalized spacial score (nSPS) is 19.5. The summed E-state index contributed by atoms with van der Waals surface area (Å²) in [6.07, 6.45) is 43.4. The number of unbranched alkanes of at least 4 members (excludes halogenated alkanes) is 28. The average Bonchev–Trinajstić information content (AvgIpc) is 3.30. The fourth-order valence-electron chi connectivity index (χ4n) is 8.34. The van der Waals surface area contributed by atoms with Crippen LogP contribution in [0.2, 0.25) is 0 Å². The van der Waals surface area contributed by atoms with E-state index in [1.165, 1.54) is 128 Å². The number of rotatable bonds is 46.